The topological polar surface area (TPSA) is 69.0 Å². The van der Waals surface area contributed by atoms with Gasteiger partial charge in [-0.25, -0.2) is 20.0 Å². The van der Waals surface area contributed by atoms with Crippen LogP contribution in [0.4, 0.5) is 0 Å². The molecule has 3 heterocycles. The summed E-state index contributed by atoms with van der Waals surface area (Å²) in [5, 5.41) is 0. The van der Waals surface area contributed by atoms with Crippen LogP contribution in [0.15, 0.2) is 94.9 Å². The van der Waals surface area contributed by atoms with Gasteiger partial charge in [0.1, 0.15) is 13.2 Å². The standard InChI is InChI=1S/C32H30N4O2/c1-31(2)19-37-29(35-31)24-14-10-22(11-15-24)27-18-26(21-8-6-5-7-9-21)33-28(34-27)23-12-16-25(17-13-23)30-36-32(3,4)20-38-30/h5-18H,19-20H2,1-4H3. The fourth-order valence-corrected chi connectivity index (χ4v) is 4.49. The molecule has 0 radical (unpaired) electrons. The number of ether oxygens (including phenoxy) is 2. The van der Waals surface area contributed by atoms with Crippen LogP contribution in [0.25, 0.3) is 33.9 Å². The highest BCUT2D eigenvalue weighted by Gasteiger charge is 2.28. The van der Waals surface area contributed by atoms with Crippen LogP contribution in [0.2, 0.25) is 0 Å². The van der Waals surface area contributed by atoms with Gasteiger partial charge in [0.15, 0.2) is 5.82 Å². The zero-order valence-electron chi connectivity index (χ0n) is 22.1. The highest BCUT2D eigenvalue weighted by Crippen LogP contribution is 2.29. The molecule has 0 aliphatic carbocycles. The van der Waals surface area contributed by atoms with Crippen molar-refractivity contribution in [2.24, 2.45) is 9.98 Å². The van der Waals surface area contributed by atoms with Crippen molar-refractivity contribution in [1.29, 1.82) is 0 Å². The lowest BCUT2D eigenvalue weighted by molar-refractivity contribution is 0.279. The van der Waals surface area contributed by atoms with Crippen molar-refractivity contribution in [3.05, 3.63) is 96.1 Å². The Bertz CT molecular complexity index is 1440. The van der Waals surface area contributed by atoms with Gasteiger partial charge < -0.3 is 9.47 Å². The van der Waals surface area contributed by atoms with Crippen molar-refractivity contribution < 1.29 is 9.47 Å². The van der Waals surface area contributed by atoms with Gasteiger partial charge in [-0.2, -0.15) is 0 Å². The summed E-state index contributed by atoms with van der Waals surface area (Å²) in [6, 6.07) is 28.5. The van der Waals surface area contributed by atoms with Crippen LogP contribution in [0.5, 0.6) is 0 Å². The van der Waals surface area contributed by atoms with Gasteiger partial charge in [-0.3, -0.25) is 0 Å². The molecule has 0 saturated heterocycles. The normalized spacial score (nSPS) is 17.4. The Morgan fingerprint density at radius 1 is 0.526 bits per heavy atom. The summed E-state index contributed by atoms with van der Waals surface area (Å²) in [6.45, 7) is 9.47. The highest BCUT2D eigenvalue weighted by atomic mass is 16.5. The lowest BCUT2D eigenvalue weighted by Gasteiger charge is -2.10. The number of benzene rings is 3. The van der Waals surface area contributed by atoms with Gasteiger partial charge in [-0.15, -0.1) is 0 Å². The summed E-state index contributed by atoms with van der Waals surface area (Å²) in [7, 11) is 0. The summed E-state index contributed by atoms with van der Waals surface area (Å²) >= 11 is 0. The van der Waals surface area contributed by atoms with Crippen LogP contribution in [0.1, 0.15) is 38.8 Å². The van der Waals surface area contributed by atoms with Crippen molar-refractivity contribution in [3.8, 4) is 33.9 Å². The number of rotatable bonds is 5. The van der Waals surface area contributed by atoms with Crippen LogP contribution in [0.3, 0.4) is 0 Å². The molecule has 38 heavy (non-hydrogen) atoms. The second-order valence-electron chi connectivity index (χ2n) is 11.0. The predicted octanol–water partition coefficient (Wildman–Crippen LogP) is 6.59. The monoisotopic (exact) mass is 502 g/mol. The first-order chi connectivity index (χ1) is 18.2. The van der Waals surface area contributed by atoms with Crippen molar-refractivity contribution in [2.75, 3.05) is 13.2 Å². The van der Waals surface area contributed by atoms with Gasteiger partial charge >= 0.3 is 0 Å². The molecule has 2 aliphatic rings. The molecule has 0 bridgehead atoms. The van der Waals surface area contributed by atoms with Gasteiger partial charge in [0.05, 0.1) is 22.5 Å². The van der Waals surface area contributed by atoms with Crippen LogP contribution in [-0.2, 0) is 9.47 Å². The molecular weight excluding hydrogens is 472 g/mol. The van der Waals surface area contributed by atoms with E-state index in [1.54, 1.807) is 0 Å². The minimum atomic E-state index is -0.196. The van der Waals surface area contributed by atoms with Crippen LogP contribution in [-0.4, -0.2) is 46.1 Å². The zero-order valence-corrected chi connectivity index (χ0v) is 22.1. The van der Waals surface area contributed by atoms with E-state index in [-0.39, 0.29) is 11.1 Å². The number of aromatic nitrogens is 2. The van der Waals surface area contributed by atoms with Crippen molar-refractivity contribution in [3.63, 3.8) is 0 Å². The van der Waals surface area contributed by atoms with Crippen molar-refractivity contribution in [2.45, 2.75) is 38.8 Å². The average molecular weight is 503 g/mol. The number of hydrogen-bond donors (Lipinski definition) is 0. The molecule has 0 saturated carbocycles. The lowest BCUT2D eigenvalue weighted by Crippen LogP contribution is -2.17. The molecule has 6 heteroatoms. The van der Waals surface area contributed by atoms with Crippen LogP contribution < -0.4 is 0 Å². The van der Waals surface area contributed by atoms with Gasteiger partial charge in [0.25, 0.3) is 0 Å². The predicted molar refractivity (Wildman–Crippen MR) is 151 cm³/mol. The minimum Gasteiger partial charge on any atom is -0.475 e. The molecule has 0 amide bonds. The third-order valence-corrected chi connectivity index (χ3v) is 6.55. The molecule has 6 nitrogen and oxygen atoms in total. The Morgan fingerprint density at radius 3 is 1.39 bits per heavy atom. The Hall–Kier alpha value is -4.32. The van der Waals surface area contributed by atoms with E-state index < -0.39 is 0 Å². The van der Waals surface area contributed by atoms with Gasteiger partial charge in [0.2, 0.25) is 11.8 Å². The first-order valence-corrected chi connectivity index (χ1v) is 12.9. The molecule has 6 rings (SSSR count). The molecule has 4 aromatic rings. The van der Waals surface area contributed by atoms with E-state index in [2.05, 4.69) is 57.0 Å². The third-order valence-electron chi connectivity index (χ3n) is 6.55. The quantitative estimate of drug-likeness (QED) is 0.309. The minimum absolute atomic E-state index is 0.192. The van der Waals surface area contributed by atoms with E-state index in [1.165, 1.54) is 0 Å². The maximum atomic E-state index is 5.82. The Balaban J connectivity index is 1.37. The van der Waals surface area contributed by atoms with Gasteiger partial charge in [-0.05, 0) is 58.0 Å². The summed E-state index contributed by atoms with van der Waals surface area (Å²) in [5.74, 6) is 2.03. The first-order valence-electron chi connectivity index (χ1n) is 12.9. The number of aliphatic imine (C=N–C) groups is 2. The first kappa shape index (κ1) is 24.0. The molecule has 0 N–H and O–H groups in total. The largest absolute Gasteiger partial charge is 0.475 e. The highest BCUT2D eigenvalue weighted by molar-refractivity contribution is 5.96. The zero-order chi connectivity index (χ0) is 26.3. The maximum absolute atomic E-state index is 5.82. The lowest BCUT2D eigenvalue weighted by atomic mass is 10.0. The Morgan fingerprint density at radius 2 is 0.947 bits per heavy atom. The van der Waals surface area contributed by atoms with Crippen molar-refractivity contribution >= 4 is 11.8 Å². The molecule has 2 aliphatic heterocycles. The summed E-state index contributed by atoms with van der Waals surface area (Å²) in [4.78, 5) is 19.3. The van der Waals surface area contributed by atoms with Crippen molar-refractivity contribution in [1.82, 2.24) is 9.97 Å². The molecular formula is C32H30N4O2. The second-order valence-corrected chi connectivity index (χ2v) is 11.0. The molecule has 1 aromatic heterocycles. The number of nitrogens with zero attached hydrogens (tertiary/aromatic N) is 4. The Kier molecular flexibility index (Phi) is 5.83. The average Bonchev–Trinajstić information content (AvgIpc) is 3.49. The summed E-state index contributed by atoms with van der Waals surface area (Å²) < 4.78 is 11.6. The molecule has 0 atom stereocenters. The number of hydrogen-bond acceptors (Lipinski definition) is 6. The van der Waals surface area contributed by atoms with Gasteiger partial charge in [0, 0.05) is 27.8 Å². The summed E-state index contributed by atoms with van der Waals surface area (Å²) in [5.41, 5.74) is 6.22. The molecule has 0 fully saturated rings. The van der Waals surface area contributed by atoms with E-state index in [9.17, 15) is 0 Å². The van der Waals surface area contributed by atoms with E-state index in [0.717, 1.165) is 39.2 Å². The smallest absolute Gasteiger partial charge is 0.216 e. The SMILES string of the molecule is CC1(C)COC(c2ccc(-c3cc(-c4ccccc4)nc(-c4ccc(C5=NC(C)(C)CO5)cc4)n3)cc2)=N1. The molecule has 0 spiro atoms. The fraction of sp³-hybridized carbons (Fsp3) is 0.250. The molecule has 190 valence electrons. The molecule has 0 unspecified atom stereocenters. The second kappa shape index (κ2) is 9.21. The maximum Gasteiger partial charge on any atom is 0.216 e. The van der Waals surface area contributed by atoms with E-state index >= 15 is 0 Å². The third kappa shape index (κ3) is 4.94. The van der Waals surface area contributed by atoms with E-state index in [0.29, 0.717) is 30.8 Å². The Labute approximate surface area is 223 Å². The van der Waals surface area contributed by atoms with Gasteiger partial charge in [-0.1, -0.05) is 54.6 Å². The van der Waals surface area contributed by atoms with Crippen LogP contribution >= 0.6 is 0 Å². The fourth-order valence-electron chi connectivity index (χ4n) is 4.49. The van der Waals surface area contributed by atoms with E-state index in [4.69, 9.17) is 24.4 Å². The summed E-state index contributed by atoms with van der Waals surface area (Å²) in [6.07, 6.45) is 0. The molecule has 3 aromatic carbocycles. The van der Waals surface area contributed by atoms with Crippen LogP contribution in [0, 0.1) is 0 Å². The van der Waals surface area contributed by atoms with E-state index in [1.807, 2.05) is 60.7 Å².